The van der Waals surface area contributed by atoms with Gasteiger partial charge in [-0.1, -0.05) is 54.4 Å². The smallest absolute Gasteiger partial charge is 0.0134 e. The number of hydrogen-bond donors (Lipinski definition) is 1. The molecule has 0 aromatic rings. The van der Waals surface area contributed by atoms with Crippen molar-refractivity contribution >= 4 is 0 Å². The van der Waals surface area contributed by atoms with Crippen molar-refractivity contribution in [3.05, 3.63) is 0 Å². The molecular weight excluding hydrogens is 230 g/mol. The van der Waals surface area contributed by atoms with E-state index in [0.29, 0.717) is 10.8 Å². The van der Waals surface area contributed by atoms with E-state index in [1.807, 2.05) is 0 Å². The maximum atomic E-state index is 3.93. The van der Waals surface area contributed by atoms with Crippen LogP contribution in [-0.4, -0.2) is 12.6 Å². The molecule has 19 heavy (non-hydrogen) atoms. The van der Waals surface area contributed by atoms with Crippen molar-refractivity contribution in [2.45, 2.75) is 79.7 Å². The van der Waals surface area contributed by atoms with E-state index in [1.54, 1.807) is 0 Å². The number of nitrogens with one attached hydrogen (secondary N) is 1. The van der Waals surface area contributed by atoms with Gasteiger partial charge in [0.05, 0.1) is 0 Å². The maximum absolute atomic E-state index is 3.93. The molecule has 2 rings (SSSR count). The fraction of sp³-hybridized carbons (Fsp3) is 1.00. The van der Waals surface area contributed by atoms with Gasteiger partial charge in [0.1, 0.15) is 0 Å². The summed E-state index contributed by atoms with van der Waals surface area (Å²) in [5.41, 5.74) is 1.03. The fourth-order valence-electron chi connectivity index (χ4n) is 4.82. The van der Waals surface area contributed by atoms with Crippen molar-refractivity contribution in [1.29, 1.82) is 0 Å². The Morgan fingerprint density at radius 1 is 1.11 bits per heavy atom. The molecule has 0 amide bonds. The van der Waals surface area contributed by atoms with Gasteiger partial charge < -0.3 is 5.32 Å². The second-order valence-electron chi connectivity index (χ2n) is 8.43. The Bertz CT molecular complexity index is 291. The third-order valence-corrected chi connectivity index (χ3v) is 6.61. The van der Waals surface area contributed by atoms with Gasteiger partial charge in [-0.3, -0.25) is 0 Å². The van der Waals surface area contributed by atoms with Crippen LogP contribution in [0.3, 0.4) is 0 Å². The van der Waals surface area contributed by atoms with Crippen LogP contribution in [0.1, 0.15) is 73.6 Å². The summed E-state index contributed by atoms with van der Waals surface area (Å²) in [4.78, 5) is 0. The van der Waals surface area contributed by atoms with Gasteiger partial charge in [-0.15, -0.1) is 0 Å². The highest BCUT2D eigenvalue weighted by atomic mass is 15.0. The molecule has 0 aromatic carbocycles. The molecule has 1 heteroatoms. The molecule has 2 saturated carbocycles. The molecule has 3 atom stereocenters. The Morgan fingerprint density at radius 3 is 2.21 bits per heavy atom. The highest BCUT2D eigenvalue weighted by Crippen LogP contribution is 2.70. The lowest BCUT2D eigenvalue weighted by Crippen LogP contribution is -2.42. The van der Waals surface area contributed by atoms with Gasteiger partial charge in [-0.05, 0) is 54.4 Å². The minimum atomic E-state index is 0.513. The van der Waals surface area contributed by atoms with Crippen LogP contribution in [0.5, 0.6) is 0 Å². The first-order valence-corrected chi connectivity index (χ1v) is 8.55. The van der Waals surface area contributed by atoms with Gasteiger partial charge in [0.2, 0.25) is 0 Å². The second-order valence-corrected chi connectivity index (χ2v) is 8.43. The van der Waals surface area contributed by atoms with Gasteiger partial charge in [-0.25, -0.2) is 0 Å². The summed E-state index contributed by atoms with van der Waals surface area (Å²) in [7, 11) is 0. The van der Waals surface area contributed by atoms with Crippen molar-refractivity contribution in [3.63, 3.8) is 0 Å². The van der Waals surface area contributed by atoms with Gasteiger partial charge in [0, 0.05) is 6.04 Å². The van der Waals surface area contributed by atoms with E-state index in [-0.39, 0.29) is 0 Å². The van der Waals surface area contributed by atoms with Gasteiger partial charge >= 0.3 is 0 Å². The molecule has 1 N–H and O–H groups in total. The Kier molecular flexibility index (Phi) is 4.35. The molecule has 2 fully saturated rings. The highest BCUT2D eigenvalue weighted by molar-refractivity contribution is 5.17. The van der Waals surface area contributed by atoms with Crippen LogP contribution in [0.25, 0.3) is 0 Å². The Balaban J connectivity index is 2.08. The molecule has 1 nitrogen and oxygen atoms in total. The van der Waals surface area contributed by atoms with E-state index in [0.717, 1.165) is 23.8 Å². The van der Waals surface area contributed by atoms with Crippen molar-refractivity contribution in [2.75, 3.05) is 6.54 Å². The molecular formula is C18H35N. The van der Waals surface area contributed by atoms with Crippen LogP contribution < -0.4 is 5.32 Å². The summed E-state index contributed by atoms with van der Waals surface area (Å²) >= 11 is 0. The first kappa shape index (κ1) is 15.4. The zero-order valence-electron chi connectivity index (χ0n) is 14.1. The molecule has 0 bridgehead atoms. The molecule has 112 valence electrons. The van der Waals surface area contributed by atoms with Gasteiger partial charge in [0.15, 0.2) is 0 Å². The topological polar surface area (TPSA) is 12.0 Å². The lowest BCUT2D eigenvalue weighted by atomic mass is 9.76. The fourth-order valence-corrected chi connectivity index (χ4v) is 4.82. The van der Waals surface area contributed by atoms with Crippen LogP contribution in [0, 0.1) is 28.6 Å². The summed E-state index contributed by atoms with van der Waals surface area (Å²) < 4.78 is 0. The van der Waals surface area contributed by atoms with Crippen LogP contribution in [0.15, 0.2) is 0 Å². The predicted octanol–water partition coefficient (Wildman–Crippen LogP) is 4.86. The Morgan fingerprint density at radius 2 is 1.74 bits per heavy atom. The van der Waals surface area contributed by atoms with Crippen molar-refractivity contribution in [2.24, 2.45) is 28.6 Å². The first-order valence-electron chi connectivity index (χ1n) is 8.55. The van der Waals surface area contributed by atoms with E-state index >= 15 is 0 Å². The van der Waals surface area contributed by atoms with Gasteiger partial charge in [0.25, 0.3) is 0 Å². The molecule has 0 spiro atoms. The van der Waals surface area contributed by atoms with E-state index in [4.69, 9.17) is 0 Å². The third kappa shape index (κ3) is 2.73. The Labute approximate surface area is 120 Å². The van der Waals surface area contributed by atoms with E-state index in [1.165, 1.54) is 38.6 Å². The van der Waals surface area contributed by atoms with Crippen LogP contribution in [0.4, 0.5) is 0 Å². The quantitative estimate of drug-likeness (QED) is 0.748. The summed E-state index contributed by atoms with van der Waals surface area (Å²) in [5.74, 6) is 2.72. The third-order valence-electron chi connectivity index (χ3n) is 6.61. The molecule has 3 unspecified atom stereocenters. The van der Waals surface area contributed by atoms with Crippen LogP contribution >= 0.6 is 0 Å². The minimum absolute atomic E-state index is 0.513. The maximum Gasteiger partial charge on any atom is 0.0134 e. The van der Waals surface area contributed by atoms with Crippen molar-refractivity contribution in [3.8, 4) is 0 Å². The standard InChI is InChI=1S/C18H35N/c1-7-11-19-15(14-10-8-9-13(2)12-14)16-17(3,4)18(16,5)6/h13-16,19H,7-12H2,1-6H3. The zero-order chi connectivity index (χ0) is 14.3. The monoisotopic (exact) mass is 265 g/mol. The summed E-state index contributed by atoms with van der Waals surface area (Å²) in [6, 6.07) is 0.757. The second kappa shape index (κ2) is 5.39. The average Bonchev–Trinajstić information content (AvgIpc) is 2.72. The lowest BCUT2D eigenvalue weighted by molar-refractivity contribution is 0.191. The average molecular weight is 265 g/mol. The van der Waals surface area contributed by atoms with Crippen molar-refractivity contribution in [1.82, 2.24) is 5.32 Å². The normalized spacial score (nSPS) is 35.1. The summed E-state index contributed by atoms with van der Waals surface area (Å²) in [6.45, 7) is 15.8. The van der Waals surface area contributed by atoms with Crippen LogP contribution in [0.2, 0.25) is 0 Å². The van der Waals surface area contributed by atoms with E-state index in [2.05, 4.69) is 46.9 Å². The van der Waals surface area contributed by atoms with Crippen molar-refractivity contribution < 1.29 is 0 Å². The lowest BCUT2D eigenvalue weighted by Gasteiger charge is -2.35. The summed E-state index contributed by atoms with van der Waals surface area (Å²) in [6.07, 6.45) is 7.06. The van der Waals surface area contributed by atoms with E-state index < -0.39 is 0 Å². The first-order chi connectivity index (χ1) is 8.82. The van der Waals surface area contributed by atoms with Crippen LogP contribution in [-0.2, 0) is 0 Å². The van der Waals surface area contributed by atoms with Gasteiger partial charge in [-0.2, -0.15) is 0 Å². The summed E-state index contributed by atoms with van der Waals surface area (Å²) in [5, 5.41) is 3.93. The minimum Gasteiger partial charge on any atom is -0.313 e. The molecule has 0 aliphatic heterocycles. The zero-order valence-corrected chi connectivity index (χ0v) is 14.1. The number of hydrogen-bond acceptors (Lipinski definition) is 1. The van der Waals surface area contributed by atoms with E-state index in [9.17, 15) is 0 Å². The highest BCUT2D eigenvalue weighted by Gasteiger charge is 2.67. The SMILES string of the molecule is CCCNC(C1CCCC(C)C1)C1C(C)(C)C1(C)C. The molecule has 0 radical (unpaired) electrons. The number of rotatable bonds is 5. The predicted molar refractivity (Wildman–Crippen MR) is 84.3 cm³/mol. The molecule has 2 aliphatic rings. The molecule has 0 heterocycles. The molecule has 2 aliphatic carbocycles. The Hall–Kier alpha value is -0.0400. The molecule has 0 saturated heterocycles. The molecule has 0 aromatic heterocycles. The largest absolute Gasteiger partial charge is 0.313 e.